The Morgan fingerprint density at radius 2 is 2.00 bits per heavy atom. The molecule has 0 aliphatic rings. The van der Waals surface area contributed by atoms with E-state index in [4.69, 9.17) is 14.2 Å². The number of urea groups is 1. The SMILES string of the molecule is COCC(C)NC(=O)NCc1ccc(Oc2cccc(OC)c2)nc1. The zero-order chi connectivity index (χ0) is 18.1. The zero-order valence-corrected chi connectivity index (χ0v) is 14.6. The molecule has 0 bridgehead atoms. The van der Waals surface area contributed by atoms with Crippen molar-refractivity contribution < 1.29 is 19.0 Å². The Morgan fingerprint density at radius 1 is 1.20 bits per heavy atom. The lowest BCUT2D eigenvalue weighted by molar-refractivity contribution is 0.171. The molecule has 1 atom stereocenters. The fourth-order valence-electron chi connectivity index (χ4n) is 2.11. The molecule has 1 heterocycles. The molecule has 0 saturated carbocycles. The third kappa shape index (κ3) is 6.31. The summed E-state index contributed by atoms with van der Waals surface area (Å²) in [4.78, 5) is 16.0. The third-order valence-electron chi connectivity index (χ3n) is 3.31. The lowest BCUT2D eigenvalue weighted by atomic mass is 10.3. The van der Waals surface area contributed by atoms with Crippen LogP contribution in [0.4, 0.5) is 4.79 Å². The minimum atomic E-state index is -0.249. The average Bonchev–Trinajstić information content (AvgIpc) is 2.61. The lowest BCUT2D eigenvalue weighted by Crippen LogP contribution is -2.42. The second-order valence-electron chi connectivity index (χ2n) is 5.47. The van der Waals surface area contributed by atoms with Gasteiger partial charge in [0.25, 0.3) is 0 Å². The average molecular weight is 345 g/mol. The number of hydrogen-bond acceptors (Lipinski definition) is 5. The fourth-order valence-corrected chi connectivity index (χ4v) is 2.11. The van der Waals surface area contributed by atoms with Crippen molar-refractivity contribution in [3.63, 3.8) is 0 Å². The van der Waals surface area contributed by atoms with Gasteiger partial charge in [0.05, 0.1) is 19.8 Å². The van der Waals surface area contributed by atoms with Crippen LogP contribution in [0.2, 0.25) is 0 Å². The van der Waals surface area contributed by atoms with E-state index < -0.39 is 0 Å². The Balaban J connectivity index is 1.84. The van der Waals surface area contributed by atoms with E-state index in [2.05, 4.69) is 15.6 Å². The number of nitrogens with one attached hydrogen (secondary N) is 2. The van der Waals surface area contributed by atoms with Gasteiger partial charge in [0.15, 0.2) is 0 Å². The van der Waals surface area contributed by atoms with Gasteiger partial charge in [-0.25, -0.2) is 9.78 Å². The van der Waals surface area contributed by atoms with Crippen molar-refractivity contribution in [2.45, 2.75) is 19.5 Å². The summed E-state index contributed by atoms with van der Waals surface area (Å²) in [7, 11) is 3.20. The minimum Gasteiger partial charge on any atom is -0.497 e. The summed E-state index contributed by atoms with van der Waals surface area (Å²) < 4.78 is 15.8. The van der Waals surface area contributed by atoms with Crippen LogP contribution in [-0.2, 0) is 11.3 Å². The highest BCUT2D eigenvalue weighted by Gasteiger charge is 2.06. The smallest absolute Gasteiger partial charge is 0.315 e. The second-order valence-corrected chi connectivity index (χ2v) is 5.47. The van der Waals surface area contributed by atoms with E-state index in [9.17, 15) is 4.79 Å². The number of carbonyl (C=O) groups excluding carboxylic acids is 1. The summed E-state index contributed by atoms with van der Waals surface area (Å²) in [6.07, 6.45) is 1.66. The molecule has 0 saturated heterocycles. The Hall–Kier alpha value is -2.80. The first kappa shape index (κ1) is 18.5. The largest absolute Gasteiger partial charge is 0.497 e. The van der Waals surface area contributed by atoms with E-state index in [0.29, 0.717) is 30.5 Å². The van der Waals surface area contributed by atoms with Crippen LogP contribution in [0.25, 0.3) is 0 Å². The Morgan fingerprint density at radius 3 is 2.68 bits per heavy atom. The van der Waals surface area contributed by atoms with E-state index in [0.717, 1.165) is 5.56 Å². The molecule has 0 aliphatic heterocycles. The maximum absolute atomic E-state index is 11.7. The van der Waals surface area contributed by atoms with E-state index in [1.807, 2.05) is 31.2 Å². The highest BCUT2D eigenvalue weighted by atomic mass is 16.5. The van der Waals surface area contributed by atoms with Crippen LogP contribution in [0.15, 0.2) is 42.6 Å². The van der Waals surface area contributed by atoms with Gasteiger partial charge in [0, 0.05) is 32.0 Å². The number of aromatic nitrogens is 1. The summed E-state index contributed by atoms with van der Waals surface area (Å²) in [6, 6.07) is 10.6. The van der Waals surface area contributed by atoms with Crippen molar-refractivity contribution >= 4 is 6.03 Å². The number of rotatable bonds is 8. The van der Waals surface area contributed by atoms with Gasteiger partial charge in [0.1, 0.15) is 11.5 Å². The molecule has 134 valence electrons. The molecule has 1 aromatic carbocycles. The van der Waals surface area contributed by atoms with E-state index >= 15 is 0 Å². The maximum atomic E-state index is 11.7. The highest BCUT2D eigenvalue weighted by molar-refractivity contribution is 5.74. The van der Waals surface area contributed by atoms with Crippen LogP contribution in [0, 0.1) is 0 Å². The van der Waals surface area contributed by atoms with Crippen LogP contribution in [0.1, 0.15) is 12.5 Å². The summed E-state index contributed by atoms with van der Waals surface area (Å²) in [5.41, 5.74) is 0.868. The molecule has 0 aliphatic carbocycles. The van der Waals surface area contributed by atoms with Gasteiger partial charge in [-0.05, 0) is 24.6 Å². The van der Waals surface area contributed by atoms with Gasteiger partial charge < -0.3 is 24.8 Å². The predicted molar refractivity (Wildman–Crippen MR) is 94.0 cm³/mol. The van der Waals surface area contributed by atoms with Gasteiger partial charge in [-0.3, -0.25) is 0 Å². The second kappa shape index (κ2) is 9.48. The van der Waals surface area contributed by atoms with Crippen molar-refractivity contribution in [2.75, 3.05) is 20.8 Å². The number of amides is 2. The number of methoxy groups -OCH3 is 2. The van der Waals surface area contributed by atoms with Crippen LogP contribution < -0.4 is 20.1 Å². The predicted octanol–water partition coefficient (Wildman–Crippen LogP) is 2.72. The van der Waals surface area contributed by atoms with Crippen molar-refractivity contribution in [3.05, 3.63) is 48.2 Å². The van der Waals surface area contributed by atoms with E-state index in [1.54, 1.807) is 32.5 Å². The molecule has 25 heavy (non-hydrogen) atoms. The number of pyridine rings is 1. The number of benzene rings is 1. The minimum absolute atomic E-state index is 0.0539. The Kier molecular flexibility index (Phi) is 7.03. The van der Waals surface area contributed by atoms with Crippen LogP contribution in [-0.4, -0.2) is 37.9 Å². The summed E-state index contributed by atoms with van der Waals surface area (Å²) in [6.45, 7) is 2.71. The lowest BCUT2D eigenvalue weighted by Gasteiger charge is -2.13. The number of hydrogen-bond donors (Lipinski definition) is 2. The van der Waals surface area contributed by atoms with Gasteiger partial charge in [-0.15, -0.1) is 0 Å². The molecule has 7 heteroatoms. The molecular weight excluding hydrogens is 322 g/mol. The molecular formula is C18H23N3O4. The summed E-state index contributed by atoms with van der Waals surface area (Å²) in [5, 5.41) is 5.54. The topological polar surface area (TPSA) is 81.7 Å². The molecule has 0 radical (unpaired) electrons. The first-order chi connectivity index (χ1) is 12.1. The molecule has 1 aromatic heterocycles. The quantitative estimate of drug-likeness (QED) is 0.769. The molecule has 2 aromatic rings. The van der Waals surface area contributed by atoms with E-state index in [-0.39, 0.29) is 12.1 Å². The molecule has 2 rings (SSSR count). The monoisotopic (exact) mass is 345 g/mol. The van der Waals surface area contributed by atoms with Gasteiger partial charge in [-0.2, -0.15) is 0 Å². The molecule has 2 N–H and O–H groups in total. The number of ether oxygens (including phenoxy) is 3. The van der Waals surface area contributed by atoms with Gasteiger partial charge in [0.2, 0.25) is 5.88 Å². The van der Waals surface area contributed by atoms with Crippen molar-refractivity contribution in [1.82, 2.24) is 15.6 Å². The molecule has 7 nitrogen and oxygen atoms in total. The maximum Gasteiger partial charge on any atom is 0.315 e. The van der Waals surface area contributed by atoms with Gasteiger partial charge in [-0.1, -0.05) is 12.1 Å². The normalized spacial score (nSPS) is 11.5. The van der Waals surface area contributed by atoms with Crippen molar-refractivity contribution in [2.24, 2.45) is 0 Å². The number of carbonyl (C=O) groups is 1. The first-order valence-corrected chi connectivity index (χ1v) is 7.91. The Labute approximate surface area is 147 Å². The van der Waals surface area contributed by atoms with Crippen LogP contribution >= 0.6 is 0 Å². The Bertz CT molecular complexity index is 676. The van der Waals surface area contributed by atoms with Gasteiger partial charge >= 0.3 is 6.03 Å². The molecule has 1 unspecified atom stereocenters. The van der Waals surface area contributed by atoms with Crippen molar-refractivity contribution in [3.8, 4) is 17.4 Å². The number of nitrogens with zero attached hydrogens (tertiary/aromatic N) is 1. The third-order valence-corrected chi connectivity index (χ3v) is 3.31. The first-order valence-electron chi connectivity index (χ1n) is 7.91. The zero-order valence-electron chi connectivity index (χ0n) is 14.6. The van der Waals surface area contributed by atoms with E-state index in [1.165, 1.54) is 0 Å². The van der Waals surface area contributed by atoms with Crippen molar-refractivity contribution in [1.29, 1.82) is 0 Å². The fraction of sp³-hybridized carbons (Fsp3) is 0.333. The molecule has 0 fully saturated rings. The molecule has 2 amide bonds. The summed E-state index contributed by atoms with van der Waals surface area (Å²) in [5.74, 6) is 1.83. The van der Waals surface area contributed by atoms with Crippen LogP contribution in [0.5, 0.6) is 17.4 Å². The highest BCUT2D eigenvalue weighted by Crippen LogP contribution is 2.23. The standard InChI is InChI=1S/C18H23N3O4/c1-13(12-23-2)21-18(22)20-11-14-7-8-17(19-10-14)25-16-6-4-5-15(9-16)24-3/h4-10,13H,11-12H2,1-3H3,(H2,20,21,22). The molecule has 0 spiro atoms. The van der Waals surface area contributed by atoms with Crippen LogP contribution in [0.3, 0.4) is 0 Å². The summed E-state index contributed by atoms with van der Waals surface area (Å²) >= 11 is 0.